The lowest BCUT2D eigenvalue weighted by Crippen LogP contribution is -2.13. The number of carbonyl (C=O) groups is 1. The molecular formula is C19H16N4OS. The zero-order chi connectivity index (χ0) is 17.2. The van der Waals surface area contributed by atoms with Gasteiger partial charge in [0.25, 0.3) is 0 Å². The number of nitrogens with zero attached hydrogens (tertiary/aromatic N) is 3. The first kappa shape index (κ1) is 15.7. The van der Waals surface area contributed by atoms with Crippen LogP contribution < -0.4 is 0 Å². The first-order chi connectivity index (χ1) is 12.2. The average molecular weight is 348 g/mol. The van der Waals surface area contributed by atoms with Crippen molar-refractivity contribution in [1.82, 2.24) is 19.7 Å². The van der Waals surface area contributed by atoms with Gasteiger partial charge >= 0.3 is 0 Å². The summed E-state index contributed by atoms with van der Waals surface area (Å²) in [6, 6.07) is 17.6. The SMILES string of the molecule is CC(Sc1ncn(-c2ccccc2)n1)C(=O)c1c[nH]c2ccccc12. The monoisotopic (exact) mass is 348 g/mol. The van der Waals surface area contributed by atoms with Crippen molar-refractivity contribution in [3.8, 4) is 5.69 Å². The predicted octanol–water partition coefficient (Wildman–Crippen LogP) is 4.11. The summed E-state index contributed by atoms with van der Waals surface area (Å²) >= 11 is 1.37. The van der Waals surface area contributed by atoms with Crippen LogP contribution in [0.15, 0.2) is 72.3 Å². The van der Waals surface area contributed by atoms with Crippen LogP contribution in [0.1, 0.15) is 17.3 Å². The number of thioether (sulfide) groups is 1. The number of aromatic nitrogens is 4. The molecule has 0 aliphatic rings. The van der Waals surface area contributed by atoms with Gasteiger partial charge in [0, 0.05) is 22.7 Å². The molecule has 0 bridgehead atoms. The van der Waals surface area contributed by atoms with Crippen molar-refractivity contribution in [2.45, 2.75) is 17.3 Å². The van der Waals surface area contributed by atoms with Gasteiger partial charge in [0.05, 0.1) is 10.9 Å². The Hall–Kier alpha value is -2.86. The zero-order valence-corrected chi connectivity index (χ0v) is 14.4. The Morgan fingerprint density at radius 2 is 1.88 bits per heavy atom. The molecule has 0 amide bonds. The van der Waals surface area contributed by atoms with Gasteiger partial charge in [-0.25, -0.2) is 9.67 Å². The van der Waals surface area contributed by atoms with Crippen molar-refractivity contribution in [2.24, 2.45) is 0 Å². The number of Topliss-reactive ketones (excluding diaryl/α,β-unsaturated/α-hetero) is 1. The number of para-hydroxylation sites is 2. The Kier molecular flexibility index (Phi) is 4.11. The smallest absolute Gasteiger partial charge is 0.209 e. The topological polar surface area (TPSA) is 63.6 Å². The standard InChI is InChI=1S/C19H16N4OS/c1-13(18(24)16-11-20-17-10-6-5-9-15(16)17)25-19-21-12-23(22-19)14-7-3-2-4-8-14/h2-13,20H,1H3. The molecule has 0 aliphatic carbocycles. The fourth-order valence-electron chi connectivity index (χ4n) is 2.71. The molecule has 0 spiro atoms. The van der Waals surface area contributed by atoms with E-state index in [1.165, 1.54) is 11.8 Å². The predicted molar refractivity (Wildman–Crippen MR) is 99.3 cm³/mol. The first-order valence-corrected chi connectivity index (χ1v) is 8.84. The number of ketones is 1. The summed E-state index contributed by atoms with van der Waals surface area (Å²) < 4.78 is 1.71. The fourth-order valence-corrected chi connectivity index (χ4v) is 3.51. The van der Waals surface area contributed by atoms with E-state index in [0.717, 1.165) is 16.6 Å². The second-order valence-corrected chi connectivity index (χ2v) is 6.99. The summed E-state index contributed by atoms with van der Waals surface area (Å²) in [5.41, 5.74) is 2.62. The minimum atomic E-state index is -0.272. The van der Waals surface area contributed by atoms with Gasteiger partial charge in [0.2, 0.25) is 5.16 Å². The van der Waals surface area contributed by atoms with E-state index < -0.39 is 0 Å². The van der Waals surface area contributed by atoms with Gasteiger partial charge < -0.3 is 4.98 Å². The lowest BCUT2D eigenvalue weighted by Gasteiger charge is -2.07. The normalized spacial score (nSPS) is 12.4. The number of fused-ring (bicyclic) bond motifs is 1. The highest BCUT2D eigenvalue weighted by atomic mass is 32.2. The van der Waals surface area contributed by atoms with E-state index in [-0.39, 0.29) is 11.0 Å². The quantitative estimate of drug-likeness (QED) is 0.435. The molecule has 0 radical (unpaired) electrons. The van der Waals surface area contributed by atoms with E-state index >= 15 is 0 Å². The van der Waals surface area contributed by atoms with Crippen molar-refractivity contribution < 1.29 is 4.79 Å². The largest absolute Gasteiger partial charge is 0.360 e. The number of carbonyl (C=O) groups excluding carboxylic acids is 1. The van der Waals surface area contributed by atoms with E-state index in [9.17, 15) is 4.79 Å². The first-order valence-electron chi connectivity index (χ1n) is 7.96. The molecule has 4 rings (SSSR count). The lowest BCUT2D eigenvalue weighted by atomic mass is 10.1. The Morgan fingerprint density at radius 3 is 2.72 bits per heavy atom. The van der Waals surface area contributed by atoms with Gasteiger partial charge in [-0.15, -0.1) is 5.10 Å². The molecule has 5 nitrogen and oxygen atoms in total. The van der Waals surface area contributed by atoms with Crippen LogP contribution in [-0.4, -0.2) is 30.8 Å². The molecule has 0 aliphatic heterocycles. The van der Waals surface area contributed by atoms with Crippen LogP contribution >= 0.6 is 11.8 Å². The third kappa shape index (κ3) is 3.08. The molecule has 4 aromatic rings. The third-order valence-corrected chi connectivity index (χ3v) is 4.96. The molecule has 2 aromatic heterocycles. The molecule has 2 heterocycles. The van der Waals surface area contributed by atoms with Gasteiger partial charge in [-0.3, -0.25) is 4.79 Å². The van der Waals surface area contributed by atoms with Crippen molar-refractivity contribution in [1.29, 1.82) is 0 Å². The summed E-state index contributed by atoms with van der Waals surface area (Å²) in [7, 11) is 0. The molecule has 1 atom stereocenters. The molecule has 2 aromatic carbocycles. The van der Waals surface area contributed by atoms with Crippen LogP contribution in [0.3, 0.4) is 0 Å². The molecular weight excluding hydrogens is 332 g/mol. The van der Waals surface area contributed by atoms with E-state index in [1.807, 2.05) is 61.5 Å². The Balaban J connectivity index is 1.53. The van der Waals surface area contributed by atoms with E-state index in [4.69, 9.17) is 0 Å². The molecule has 25 heavy (non-hydrogen) atoms. The van der Waals surface area contributed by atoms with Crippen LogP contribution in [0.25, 0.3) is 16.6 Å². The van der Waals surface area contributed by atoms with Gasteiger partial charge in [0.15, 0.2) is 5.78 Å². The summed E-state index contributed by atoms with van der Waals surface area (Å²) in [6.07, 6.45) is 3.45. The summed E-state index contributed by atoms with van der Waals surface area (Å²) in [5.74, 6) is 0.0681. The Labute approximate surface area is 149 Å². The lowest BCUT2D eigenvalue weighted by molar-refractivity contribution is 0.0995. The van der Waals surface area contributed by atoms with Crippen molar-refractivity contribution in [2.75, 3.05) is 0 Å². The minimum Gasteiger partial charge on any atom is -0.360 e. The summed E-state index contributed by atoms with van der Waals surface area (Å²) in [4.78, 5) is 20.3. The average Bonchev–Trinajstić information content (AvgIpc) is 3.29. The highest BCUT2D eigenvalue weighted by molar-refractivity contribution is 8.00. The van der Waals surface area contributed by atoms with Gasteiger partial charge in [-0.2, -0.15) is 0 Å². The maximum absolute atomic E-state index is 12.8. The molecule has 1 N–H and O–H groups in total. The Bertz CT molecular complexity index is 1020. The van der Waals surface area contributed by atoms with Crippen molar-refractivity contribution >= 4 is 28.4 Å². The Morgan fingerprint density at radius 1 is 1.12 bits per heavy atom. The van der Waals surface area contributed by atoms with Crippen LogP contribution in [0.2, 0.25) is 0 Å². The number of benzene rings is 2. The van der Waals surface area contributed by atoms with Gasteiger partial charge in [0.1, 0.15) is 6.33 Å². The highest BCUT2D eigenvalue weighted by Crippen LogP contribution is 2.26. The number of H-pyrrole nitrogens is 1. The summed E-state index contributed by atoms with van der Waals surface area (Å²) in [5, 5.41) is 5.72. The van der Waals surface area contributed by atoms with Crippen molar-refractivity contribution in [3.05, 3.63) is 72.7 Å². The maximum atomic E-state index is 12.8. The zero-order valence-electron chi connectivity index (χ0n) is 13.6. The number of aromatic amines is 1. The molecule has 0 saturated carbocycles. The number of nitrogens with one attached hydrogen (secondary N) is 1. The van der Waals surface area contributed by atoms with Crippen LogP contribution in [0.5, 0.6) is 0 Å². The molecule has 124 valence electrons. The van der Waals surface area contributed by atoms with Crippen molar-refractivity contribution in [3.63, 3.8) is 0 Å². The molecule has 0 fully saturated rings. The van der Waals surface area contributed by atoms with E-state index in [0.29, 0.717) is 10.7 Å². The van der Waals surface area contributed by atoms with E-state index in [2.05, 4.69) is 15.1 Å². The second-order valence-electron chi connectivity index (χ2n) is 5.68. The second kappa shape index (κ2) is 6.57. The molecule has 0 saturated heterocycles. The third-order valence-electron chi connectivity index (χ3n) is 4.00. The van der Waals surface area contributed by atoms with Crippen LogP contribution in [0.4, 0.5) is 0 Å². The molecule has 6 heteroatoms. The van der Waals surface area contributed by atoms with Crippen LogP contribution in [0, 0.1) is 0 Å². The minimum absolute atomic E-state index is 0.0681. The number of hydrogen-bond donors (Lipinski definition) is 1. The molecule has 1 unspecified atom stereocenters. The van der Waals surface area contributed by atoms with E-state index in [1.54, 1.807) is 17.2 Å². The van der Waals surface area contributed by atoms with Gasteiger partial charge in [-0.1, -0.05) is 48.2 Å². The fraction of sp³-hybridized carbons (Fsp3) is 0.105. The maximum Gasteiger partial charge on any atom is 0.209 e. The highest BCUT2D eigenvalue weighted by Gasteiger charge is 2.21. The van der Waals surface area contributed by atoms with Crippen LogP contribution in [-0.2, 0) is 0 Å². The number of rotatable bonds is 5. The summed E-state index contributed by atoms with van der Waals surface area (Å²) in [6.45, 7) is 1.89. The van der Waals surface area contributed by atoms with Gasteiger partial charge in [-0.05, 0) is 25.1 Å². The number of hydrogen-bond acceptors (Lipinski definition) is 4.